The predicted octanol–water partition coefficient (Wildman–Crippen LogP) is 3.21. The predicted molar refractivity (Wildman–Crippen MR) is 138 cm³/mol. The maximum Gasteiger partial charge on any atom is 0.370 e. The summed E-state index contributed by atoms with van der Waals surface area (Å²) >= 11 is 0. The van der Waals surface area contributed by atoms with Crippen LogP contribution in [0.2, 0.25) is 0 Å². The molecule has 2 heterocycles. The summed E-state index contributed by atoms with van der Waals surface area (Å²) in [6, 6.07) is 6.33. The number of aryl methyl sites for hydroxylation is 2. The van der Waals surface area contributed by atoms with Crippen LogP contribution in [0.1, 0.15) is 30.9 Å². The van der Waals surface area contributed by atoms with Crippen LogP contribution in [0.25, 0.3) is 0 Å². The van der Waals surface area contributed by atoms with Crippen LogP contribution in [0.5, 0.6) is 5.75 Å². The molecule has 2 N–H and O–H groups in total. The molecule has 1 saturated heterocycles. The minimum atomic E-state index is -1.38. The molecule has 0 bridgehead atoms. The molecule has 10 heteroatoms. The van der Waals surface area contributed by atoms with Gasteiger partial charge in [0.05, 0.1) is 10.8 Å². The van der Waals surface area contributed by atoms with Gasteiger partial charge < -0.3 is 19.8 Å². The van der Waals surface area contributed by atoms with Gasteiger partial charge >= 0.3 is 5.97 Å². The van der Waals surface area contributed by atoms with E-state index >= 15 is 0 Å². The van der Waals surface area contributed by atoms with Gasteiger partial charge in [0.2, 0.25) is 5.95 Å². The third-order valence-electron chi connectivity index (χ3n) is 5.89. The Morgan fingerprint density at radius 3 is 2.34 bits per heavy atom. The number of rotatable bonds is 9. The second-order valence-electron chi connectivity index (χ2n) is 8.43. The molecule has 9 nitrogen and oxygen atoms in total. The number of hydrogen-bond acceptors (Lipinski definition) is 8. The number of piperidine rings is 1. The molecule has 3 rings (SSSR count). The molecule has 1 aromatic carbocycles. The van der Waals surface area contributed by atoms with Crippen LogP contribution in [-0.2, 0) is 22.0 Å². The number of hydrogen-bond donors (Lipinski definition) is 2. The zero-order valence-corrected chi connectivity index (χ0v) is 21.8. The van der Waals surface area contributed by atoms with Crippen LogP contribution < -0.4 is 9.64 Å². The van der Waals surface area contributed by atoms with E-state index in [1.54, 1.807) is 6.26 Å². The second kappa shape index (κ2) is 13.8. The van der Waals surface area contributed by atoms with Crippen molar-refractivity contribution in [2.75, 3.05) is 44.4 Å². The maximum absolute atomic E-state index is 11.7. The van der Waals surface area contributed by atoms with Gasteiger partial charge in [0.25, 0.3) is 0 Å². The molecular weight excluding hydrogens is 468 g/mol. The highest BCUT2D eigenvalue weighted by Crippen LogP contribution is 2.21. The van der Waals surface area contributed by atoms with Gasteiger partial charge in [-0.3, -0.25) is 9.11 Å². The van der Waals surface area contributed by atoms with Crippen LogP contribution in [-0.4, -0.2) is 80.8 Å². The van der Waals surface area contributed by atoms with Gasteiger partial charge in [0.1, 0.15) is 12.4 Å². The number of ether oxygens (including phenoxy) is 1. The molecular formula is C25H36N4O5S. The Morgan fingerprint density at radius 1 is 1.26 bits per heavy atom. The molecule has 0 saturated carbocycles. The summed E-state index contributed by atoms with van der Waals surface area (Å²) in [5, 5.41) is 15.5. The van der Waals surface area contributed by atoms with Crippen molar-refractivity contribution >= 4 is 22.7 Å². The third kappa shape index (κ3) is 8.95. The molecule has 0 aliphatic carbocycles. The lowest BCUT2D eigenvalue weighted by Gasteiger charge is -2.36. The third-order valence-corrected chi connectivity index (χ3v) is 6.96. The number of likely N-dealkylation sites (N-methyl/N-ethyl adjacent to an activating group) is 1. The molecule has 192 valence electrons. The highest BCUT2D eigenvalue weighted by atomic mass is 32.2. The van der Waals surface area contributed by atoms with Crippen molar-refractivity contribution < 1.29 is 24.0 Å². The van der Waals surface area contributed by atoms with E-state index in [1.165, 1.54) is 5.56 Å². The van der Waals surface area contributed by atoms with Crippen molar-refractivity contribution in [1.82, 2.24) is 14.9 Å². The van der Waals surface area contributed by atoms with Gasteiger partial charge in [0.15, 0.2) is 5.76 Å². The van der Waals surface area contributed by atoms with Gasteiger partial charge in [-0.05, 0) is 69.1 Å². The van der Waals surface area contributed by atoms with Crippen LogP contribution in [0.15, 0.2) is 47.8 Å². The summed E-state index contributed by atoms with van der Waals surface area (Å²) in [6.07, 6.45) is 8.75. The first-order valence-electron chi connectivity index (χ1n) is 11.6. The van der Waals surface area contributed by atoms with E-state index < -0.39 is 22.5 Å². The first kappa shape index (κ1) is 28.3. The summed E-state index contributed by atoms with van der Waals surface area (Å²) < 4.78 is 17.6. The minimum absolute atomic E-state index is 0.552. The standard InChI is InChI=1S/C22H32N4O2S.C3H4O3/c1-5-18-15-23-22(24-16-18)26-10-8-19(9-11-26)25(3)12-13-28-20-6-7-21(29(4)27)17(2)14-20;1-2(4)3(5)6/h6-7,14-16,19H,5,8-13H2,1-4H3;4H,1H2,(H,5,6). The molecule has 1 fully saturated rings. The van der Waals surface area contributed by atoms with Crippen molar-refractivity contribution in [3.8, 4) is 5.75 Å². The fraction of sp³-hybridized carbons (Fsp3) is 0.480. The van der Waals surface area contributed by atoms with E-state index in [4.69, 9.17) is 14.9 Å². The van der Waals surface area contributed by atoms with Gasteiger partial charge in [0, 0.05) is 49.2 Å². The topological polar surface area (TPSA) is 116 Å². The average molecular weight is 505 g/mol. The molecule has 1 aliphatic rings. The summed E-state index contributed by atoms with van der Waals surface area (Å²) in [5.41, 5.74) is 2.19. The fourth-order valence-electron chi connectivity index (χ4n) is 3.72. The maximum atomic E-state index is 11.7. The van der Waals surface area contributed by atoms with Gasteiger partial charge in [-0.2, -0.15) is 0 Å². The van der Waals surface area contributed by atoms with Crippen LogP contribution in [0, 0.1) is 6.92 Å². The van der Waals surface area contributed by atoms with E-state index in [9.17, 15) is 9.00 Å². The first-order chi connectivity index (χ1) is 16.6. The van der Waals surface area contributed by atoms with E-state index in [0.717, 1.165) is 61.1 Å². The monoisotopic (exact) mass is 504 g/mol. The van der Waals surface area contributed by atoms with E-state index in [0.29, 0.717) is 12.6 Å². The number of nitrogens with zero attached hydrogens (tertiary/aromatic N) is 4. The summed E-state index contributed by atoms with van der Waals surface area (Å²) in [6.45, 7) is 10.3. The Labute approximate surface area is 209 Å². The molecule has 1 aromatic heterocycles. The number of carboxylic acids is 1. The van der Waals surface area contributed by atoms with Gasteiger partial charge in [-0.15, -0.1) is 0 Å². The Balaban J connectivity index is 0.000000641. The minimum Gasteiger partial charge on any atom is -0.502 e. The van der Waals surface area contributed by atoms with Crippen LogP contribution in [0.3, 0.4) is 0 Å². The van der Waals surface area contributed by atoms with Crippen molar-refractivity contribution in [2.24, 2.45) is 0 Å². The normalized spacial score (nSPS) is 14.7. The molecule has 0 spiro atoms. The highest BCUT2D eigenvalue weighted by Gasteiger charge is 2.23. The molecule has 0 radical (unpaired) electrons. The number of carboxylic acid groups (broad SMARTS) is 1. The lowest BCUT2D eigenvalue weighted by Crippen LogP contribution is -2.45. The molecule has 2 aromatic rings. The second-order valence-corrected chi connectivity index (χ2v) is 9.77. The fourth-order valence-corrected chi connectivity index (χ4v) is 4.50. The smallest absolute Gasteiger partial charge is 0.370 e. The summed E-state index contributed by atoms with van der Waals surface area (Å²) in [5.74, 6) is -0.518. The lowest BCUT2D eigenvalue weighted by molar-refractivity contribution is -0.135. The quantitative estimate of drug-likeness (QED) is 0.392. The van der Waals surface area contributed by atoms with Crippen molar-refractivity contribution in [1.29, 1.82) is 0 Å². The molecule has 1 aliphatic heterocycles. The zero-order valence-electron chi connectivity index (χ0n) is 20.9. The number of carbonyl (C=O) groups is 1. The van der Waals surface area contributed by atoms with Gasteiger partial charge in [-0.25, -0.2) is 14.8 Å². The van der Waals surface area contributed by atoms with Crippen LogP contribution in [0.4, 0.5) is 5.95 Å². The summed E-state index contributed by atoms with van der Waals surface area (Å²) in [7, 11) is 1.21. The van der Waals surface area contributed by atoms with Crippen molar-refractivity contribution in [3.05, 3.63) is 54.1 Å². The number of aliphatic carboxylic acids is 1. The van der Waals surface area contributed by atoms with Crippen molar-refractivity contribution in [2.45, 2.75) is 44.0 Å². The van der Waals surface area contributed by atoms with Gasteiger partial charge in [-0.1, -0.05) is 6.92 Å². The Bertz CT molecular complexity index is 995. The number of aliphatic hydroxyl groups is 1. The molecule has 1 unspecified atom stereocenters. The van der Waals surface area contributed by atoms with Crippen molar-refractivity contribution in [3.63, 3.8) is 0 Å². The Kier molecular flexibility index (Phi) is 11.1. The Hall–Kier alpha value is -2.98. The van der Waals surface area contributed by atoms with E-state index in [2.05, 4.69) is 40.3 Å². The molecule has 1 atom stereocenters. The first-order valence-corrected chi connectivity index (χ1v) is 13.1. The van der Waals surface area contributed by atoms with E-state index in [1.807, 2.05) is 37.5 Å². The zero-order chi connectivity index (χ0) is 26.0. The average Bonchev–Trinajstić information content (AvgIpc) is 2.84. The Morgan fingerprint density at radius 2 is 1.86 bits per heavy atom. The number of aliphatic hydroxyl groups excluding tert-OH is 1. The van der Waals surface area contributed by atoms with Crippen LogP contribution >= 0.6 is 0 Å². The number of aromatic nitrogens is 2. The molecule has 0 amide bonds. The molecule has 35 heavy (non-hydrogen) atoms. The largest absolute Gasteiger partial charge is 0.502 e. The number of anilines is 1. The number of benzene rings is 1. The lowest BCUT2D eigenvalue weighted by atomic mass is 10.0. The summed E-state index contributed by atoms with van der Waals surface area (Å²) in [4.78, 5) is 23.9. The SMILES string of the molecule is C=C(O)C(=O)O.CCc1cnc(N2CCC(N(C)CCOc3ccc(S(C)=O)c(C)c3)CC2)nc1. The highest BCUT2D eigenvalue weighted by molar-refractivity contribution is 7.84. The van der Waals surface area contributed by atoms with E-state index in [-0.39, 0.29) is 0 Å².